The van der Waals surface area contributed by atoms with E-state index in [-0.39, 0.29) is 0 Å². The maximum atomic E-state index is 9.48. The van der Waals surface area contributed by atoms with Gasteiger partial charge in [-0.05, 0) is 42.8 Å². The van der Waals surface area contributed by atoms with Crippen LogP contribution < -0.4 is 4.74 Å². The molecule has 3 nitrogen and oxygen atoms in total. The van der Waals surface area contributed by atoms with Gasteiger partial charge in [-0.25, -0.2) is 4.98 Å². The molecule has 0 radical (unpaired) electrons. The number of methoxy groups -OCH3 is 1. The molecule has 0 spiro atoms. The van der Waals surface area contributed by atoms with Crippen molar-refractivity contribution < 1.29 is 4.74 Å². The Morgan fingerprint density at radius 2 is 1.83 bits per heavy atom. The summed E-state index contributed by atoms with van der Waals surface area (Å²) in [5.74, 6) is 0.811. The molecule has 1 heterocycles. The predicted molar refractivity (Wildman–Crippen MR) is 98.8 cm³/mol. The molecule has 24 heavy (non-hydrogen) atoms. The van der Waals surface area contributed by atoms with Crippen LogP contribution in [-0.2, 0) is 0 Å². The Hall–Kier alpha value is -2.90. The summed E-state index contributed by atoms with van der Waals surface area (Å²) in [7, 11) is 1.64. The van der Waals surface area contributed by atoms with Gasteiger partial charge in [-0.3, -0.25) is 0 Å². The number of ether oxygens (including phenoxy) is 1. The van der Waals surface area contributed by atoms with Crippen LogP contribution in [0.5, 0.6) is 5.75 Å². The minimum absolute atomic E-state index is 0.573. The van der Waals surface area contributed by atoms with Crippen molar-refractivity contribution >= 4 is 23.0 Å². The van der Waals surface area contributed by atoms with Gasteiger partial charge >= 0.3 is 0 Å². The van der Waals surface area contributed by atoms with Crippen LogP contribution in [0.1, 0.15) is 16.1 Å². The number of thiazole rings is 1. The molecule has 0 aliphatic rings. The third-order valence-corrected chi connectivity index (χ3v) is 4.50. The normalized spacial score (nSPS) is 11.1. The van der Waals surface area contributed by atoms with E-state index >= 15 is 0 Å². The van der Waals surface area contributed by atoms with Gasteiger partial charge in [0, 0.05) is 10.9 Å². The second-order valence-electron chi connectivity index (χ2n) is 5.35. The minimum Gasteiger partial charge on any atom is -0.497 e. The van der Waals surface area contributed by atoms with E-state index < -0.39 is 0 Å². The Bertz CT molecular complexity index is 900. The second-order valence-corrected chi connectivity index (χ2v) is 6.21. The minimum atomic E-state index is 0.573. The van der Waals surface area contributed by atoms with Gasteiger partial charge in [0.1, 0.15) is 16.8 Å². The van der Waals surface area contributed by atoms with E-state index in [1.54, 1.807) is 7.11 Å². The highest BCUT2D eigenvalue weighted by molar-refractivity contribution is 7.11. The monoisotopic (exact) mass is 332 g/mol. The SMILES string of the molecule is COc1ccc(-c2csc(/C(C#N)=C/c3ccc(C)cc3)n2)cc1. The van der Waals surface area contributed by atoms with Crippen LogP contribution in [0.3, 0.4) is 0 Å². The molecule has 1 aromatic heterocycles. The number of benzene rings is 2. The maximum absolute atomic E-state index is 9.48. The number of nitrogens with zero attached hydrogens (tertiary/aromatic N) is 2. The van der Waals surface area contributed by atoms with E-state index in [0.29, 0.717) is 5.57 Å². The summed E-state index contributed by atoms with van der Waals surface area (Å²) in [6.07, 6.45) is 1.87. The van der Waals surface area contributed by atoms with E-state index in [0.717, 1.165) is 27.6 Å². The average molecular weight is 332 g/mol. The number of allylic oxidation sites excluding steroid dienone is 1. The lowest BCUT2D eigenvalue weighted by molar-refractivity contribution is 0.415. The first-order valence-corrected chi connectivity index (χ1v) is 8.36. The summed E-state index contributed by atoms with van der Waals surface area (Å²) in [6, 6.07) is 18.1. The van der Waals surface area contributed by atoms with Crippen molar-refractivity contribution in [3.63, 3.8) is 0 Å². The van der Waals surface area contributed by atoms with Crippen molar-refractivity contribution in [2.24, 2.45) is 0 Å². The van der Waals surface area contributed by atoms with Gasteiger partial charge in [0.15, 0.2) is 0 Å². The summed E-state index contributed by atoms with van der Waals surface area (Å²) in [6.45, 7) is 2.04. The Morgan fingerprint density at radius 1 is 1.12 bits per heavy atom. The van der Waals surface area contributed by atoms with Crippen molar-refractivity contribution in [3.05, 3.63) is 70.0 Å². The van der Waals surface area contributed by atoms with Crippen LogP contribution in [0.4, 0.5) is 0 Å². The zero-order valence-electron chi connectivity index (χ0n) is 13.5. The number of hydrogen-bond donors (Lipinski definition) is 0. The fraction of sp³-hybridized carbons (Fsp3) is 0.100. The quantitative estimate of drug-likeness (QED) is 0.618. The first-order chi connectivity index (χ1) is 11.7. The molecular formula is C20H16N2OS. The molecule has 0 N–H and O–H groups in total. The molecule has 0 saturated carbocycles. The number of rotatable bonds is 4. The molecular weight excluding hydrogens is 316 g/mol. The van der Waals surface area contributed by atoms with Gasteiger partial charge in [-0.1, -0.05) is 29.8 Å². The zero-order valence-corrected chi connectivity index (χ0v) is 14.3. The molecule has 2 aromatic carbocycles. The molecule has 118 valence electrons. The number of nitriles is 1. The second kappa shape index (κ2) is 7.12. The summed E-state index contributed by atoms with van der Waals surface area (Å²) in [5.41, 5.74) is 4.64. The molecule has 0 amide bonds. The van der Waals surface area contributed by atoms with Gasteiger partial charge in [0.25, 0.3) is 0 Å². The number of aryl methyl sites for hydroxylation is 1. The van der Waals surface area contributed by atoms with Gasteiger partial charge < -0.3 is 4.74 Å². The molecule has 0 bridgehead atoms. The highest BCUT2D eigenvalue weighted by Crippen LogP contribution is 2.28. The van der Waals surface area contributed by atoms with Crippen LogP contribution >= 0.6 is 11.3 Å². The van der Waals surface area contributed by atoms with Crippen LogP contribution in [-0.4, -0.2) is 12.1 Å². The van der Waals surface area contributed by atoms with Crippen molar-refractivity contribution in [2.45, 2.75) is 6.92 Å². The van der Waals surface area contributed by atoms with Gasteiger partial charge in [-0.15, -0.1) is 11.3 Å². The fourth-order valence-corrected chi connectivity index (χ4v) is 3.06. The highest BCUT2D eigenvalue weighted by Gasteiger charge is 2.09. The Kier molecular flexibility index (Phi) is 4.74. The molecule has 3 aromatic rings. The third-order valence-electron chi connectivity index (χ3n) is 3.63. The molecule has 3 rings (SSSR count). The lowest BCUT2D eigenvalue weighted by Gasteiger charge is -2.00. The van der Waals surface area contributed by atoms with E-state index in [9.17, 15) is 5.26 Å². The van der Waals surface area contributed by atoms with Gasteiger partial charge in [0.05, 0.1) is 18.4 Å². The van der Waals surface area contributed by atoms with Crippen molar-refractivity contribution in [2.75, 3.05) is 7.11 Å². The summed E-state index contributed by atoms with van der Waals surface area (Å²) >= 11 is 1.48. The highest BCUT2D eigenvalue weighted by atomic mass is 32.1. The standard InChI is InChI=1S/C20H16N2OS/c1-14-3-5-15(6-4-14)11-17(12-21)20-22-19(13-24-20)16-7-9-18(23-2)10-8-16/h3-11,13H,1-2H3/b17-11+. The third kappa shape index (κ3) is 3.53. The van der Waals surface area contributed by atoms with Gasteiger partial charge in [-0.2, -0.15) is 5.26 Å². The lowest BCUT2D eigenvalue weighted by Crippen LogP contribution is -1.84. The Labute approximate surface area is 145 Å². The smallest absolute Gasteiger partial charge is 0.134 e. The molecule has 0 saturated heterocycles. The summed E-state index contributed by atoms with van der Waals surface area (Å²) in [5, 5.41) is 12.2. The summed E-state index contributed by atoms with van der Waals surface area (Å²) in [4.78, 5) is 4.61. The van der Waals surface area contributed by atoms with Crippen molar-refractivity contribution in [3.8, 4) is 23.1 Å². The molecule has 0 unspecified atom stereocenters. The number of hydrogen-bond acceptors (Lipinski definition) is 4. The van der Waals surface area contributed by atoms with Crippen LogP contribution in [0, 0.1) is 18.3 Å². The van der Waals surface area contributed by atoms with Crippen LogP contribution in [0.25, 0.3) is 22.9 Å². The van der Waals surface area contributed by atoms with E-state index in [2.05, 4.69) is 11.1 Å². The van der Waals surface area contributed by atoms with E-state index in [1.807, 2.05) is 66.9 Å². The number of aromatic nitrogens is 1. The van der Waals surface area contributed by atoms with Crippen molar-refractivity contribution in [1.29, 1.82) is 5.26 Å². The molecule has 0 aliphatic carbocycles. The molecule has 0 atom stereocenters. The molecule has 0 aliphatic heterocycles. The topological polar surface area (TPSA) is 45.9 Å². The summed E-state index contributed by atoms with van der Waals surface area (Å²) < 4.78 is 5.17. The largest absolute Gasteiger partial charge is 0.497 e. The zero-order chi connectivity index (χ0) is 16.9. The molecule has 4 heteroatoms. The Morgan fingerprint density at radius 3 is 2.46 bits per heavy atom. The molecule has 0 fully saturated rings. The van der Waals surface area contributed by atoms with Crippen LogP contribution in [0.15, 0.2) is 53.9 Å². The van der Waals surface area contributed by atoms with E-state index in [4.69, 9.17) is 4.74 Å². The predicted octanol–water partition coefficient (Wildman–Crippen LogP) is 5.19. The average Bonchev–Trinajstić information content (AvgIpc) is 3.11. The first-order valence-electron chi connectivity index (χ1n) is 7.48. The van der Waals surface area contributed by atoms with Crippen LogP contribution in [0.2, 0.25) is 0 Å². The Balaban J connectivity index is 1.90. The van der Waals surface area contributed by atoms with Gasteiger partial charge in [0.2, 0.25) is 0 Å². The van der Waals surface area contributed by atoms with E-state index in [1.165, 1.54) is 16.9 Å². The lowest BCUT2D eigenvalue weighted by atomic mass is 10.1. The first kappa shape index (κ1) is 16.0. The fourth-order valence-electron chi connectivity index (χ4n) is 2.26. The van der Waals surface area contributed by atoms with Crippen molar-refractivity contribution in [1.82, 2.24) is 4.98 Å². The maximum Gasteiger partial charge on any atom is 0.134 e.